The molecule has 0 aliphatic heterocycles. The molecule has 0 fully saturated rings. The first-order chi connectivity index (χ1) is 12.6. The summed E-state index contributed by atoms with van der Waals surface area (Å²) in [6, 6.07) is 13.3. The molecule has 3 aromatic rings. The zero-order chi connectivity index (χ0) is 18.5. The van der Waals surface area contributed by atoms with Crippen molar-refractivity contribution in [1.82, 2.24) is 0 Å². The Morgan fingerprint density at radius 3 is 2.65 bits per heavy atom. The highest BCUT2D eigenvalue weighted by Gasteiger charge is 2.12. The van der Waals surface area contributed by atoms with E-state index in [9.17, 15) is 14.0 Å². The molecule has 0 atom stereocenters. The molecule has 3 rings (SSSR count). The van der Waals surface area contributed by atoms with Crippen LogP contribution in [-0.4, -0.2) is 18.5 Å². The van der Waals surface area contributed by atoms with Gasteiger partial charge in [-0.05, 0) is 48.9 Å². The minimum Gasteiger partial charge on any atom is -0.463 e. The lowest BCUT2D eigenvalue weighted by atomic mass is 10.2. The fraction of sp³-hybridized carbons (Fsp3) is 0.100. The van der Waals surface area contributed by atoms with Crippen LogP contribution in [0.4, 0.5) is 10.1 Å². The van der Waals surface area contributed by atoms with Crippen LogP contribution in [0.15, 0.2) is 54.6 Å². The number of hydrogen-bond donors (Lipinski definition) is 1. The predicted octanol–water partition coefficient (Wildman–Crippen LogP) is 4.87. The fourth-order valence-electron chi connectivity index (χ4n) is 2.36. The van der Waals surface area contributed by atoms with Crippen LogP contribution >= 0.6 is 11.3 Å². The van der Waals surface area contributed by atoms with Gasteiger partial charge in [0.2, 0.25) is 0 Å². The number of thiophene rings is 1. The van der Waals surface area contributed by atoms with Crippen molar-refractivity contribution in [2.45, 2.75) is 6.92 Å². The van der Waals surface area contributed by atoms with Crippen LogP contribution in [0, 0.1) is 5.82 Å². The molecule has 0 aliphatic rings. The Bertz CT molecular complexity index is 976. The summed E-state index contributed by atoms with van der Waals surface area (Å²) < 4.78 is 19.3. The molecule has 0 radical (unpaired) electrons. The normalized spacial score (nSPS) is 11.0. The van der Waals surface area contributed by atoms with Crippen LogP contribution in [0.5, 0.6) is 0 Å². The van der Waals surface area contributed by atoms with Crippen LogP contribution in [0.2, 0.25) is 0 Å². The van der Waals surface area contributed by atoms with Gasteiger partial charge >= 0.3 is 5.97 Å². The van der Waals surface area contributed by atoms with Crippen molar-refractivity contribution in [2.24, 2.45) is 0 Å². The summed E-state index contributed by atoms with van der Waals surface area (Å²) in [7, 11) is 0. The second kappa shape index (κ2) is 7.93. The van der Waals surface area contributed by atoms with Crippen molar-refractivity contribution in [3.05, 3.63) is 70.9 Å². The number of carbonyl (C=O) groups excluding carboxylic acids is 2. The molecule has 1 N–H and O–H groups in total. The molecule has 1 heterocycles. The third-order valence-electron chi connectivity index (χ3n) is 3.60. The SMILES string of the molecule is CCOC(=O)/C=C/c1ccc(NC(=O)c2cc3c(F)cccc3s2)cc1. The van der Waals surface area contributed by atoms with Crippen LogP contribution in [0.1, 0.15) is 22.2 Å². The van der Waals surface area contributed by atoms with E-state index < -0.39 is 5.97 Å². The number of halogens is 1. The van der Waals surface area contributed by atoms with Crippen LogP contribution < -0.4 is 5.32 Å². The molecular weight excluding hydrogens is 353 g/mol. The monoisotopic (exact) mass is 369 g/mol. The van der Waals surface area contributed by atoms with Crippen LogP contribution in [0.3, 0.4) is 0 Å². The Morgan fingerprint density at radius 1 is 1.19 bits per heavy atom. The molecule has 0 saturated carbocycles. The number of amides is 1. The predicted molar refractivity (Wildman–Crippen MR) is 102 cm³/mol. The quantitative estimate of drug-likeness (QED) is 0.516. The van der Waals surface area contributed by atoms with Gasteiger partial charge in [0.25, 0.3) is 5.91 Å². The minimum absolute atomic E-state index is 0.291. The number of rotatable bonds is 5. The first kappa shape index (κ1) is 17.8. The van der Waals surface area contributed by atoms with E-state index in [4.69, 9.17) is 4.74 Å². The number of fused-ring (bicyclic) bond motifs is 1. The molecular formula is C20H16FNO3S. The van der Waals surface area contributed by atoms with Gasteiger partial charge in [-0.25, -0.2) is 9.18 Å². The number of nitrogens with one attached hydrogen (secondary N) is 1. The highest BCUT2D eigenvalue weighted by Crippen LogP contribution is 2.28. The molecule has 2 aromatic carbocycles. The highest BCUT2D eigenvalue weighted by molar-refractivity contribution is 7.20. The molecule has 6 heteroatoms. The van der Waals surface area contributed by atoms with E-state index in [1.807, 2.05) is 0 Å². The van der Waals surface area contributed by atoms with Crippen molar-refractivity contribution in [1.29, 1.82) is 0 Å². The van der Waals surface area contributed by atoms with Crippen molar-refractivity contribution >= 4 is 45.1 Å². The van der Waals surface area contributed by atoms with E-state index in [0.717, 1.165) is 10.3 Å². The first-order valence-corrected chi connectivity index (χ1v) is 8.83. The maximum atomic E-state index is 13.7. The van der Waals surface area contributed by atoms with E-state index in [2.05, 4.69) is 5.32 Å². The number of ether oxygens (including phenoxy) is 1. The number of anilines is 1. The summed E-state index contributed by atoms with van der Waals surface area (Å²) >= 11 is 1.24. The Labute approximate surface area is 153 Å². The van der Waals surface area contributed by atoms with Crippen molar-refractivity contribution in [3.63, 3.8) is 0 Å². The Kier molecular flexibility index (Phi) is 5.43. The van der Waals surface area contributed by atoms with Gasteiger partial charge < -0.3 is 10.1 Å². The average molecular weight is 369 g/mol. The van der Waals surface area contributed by atoms with Gasteiger partial charge in [0.15, 0.2) is 0 Å². The molecule has 0 aliphatic carbocycles. The summed E-state index contributed by atoms with van der Waals surface area (Å²) in [5.74, 6) is -1.03. The van der Waals surface area contributed by atoms with E-state index in [0.29, 0.717) is 22.6 Å². The smallest absolute Gasteiger partial charge is 0.330 e. The summed E-state index contributed by atoms with van der Waals surface area (Å²) in [4.78, 5) is 24.1. The van der Waals surface area contributed by atoms with E-state index in [1.54, 1.807) is 55.5 Å². The molecule has 26 heavy (non-hydrogen) atoms. The summed E-state index contributed by atoms with van der Waals surface area (Å²) in [5, 5.41) is 3.23. The van der Waals surface area contributed by atoms with Crippen molar-refractivity contribution < 1.29 is 18.7 Å². The Hall–Kier alpha value is -2.99. The standard InChI is InChI=1S/C20H16FNO3S/c1-2-25-19(23)11-8-13-6-9-14(10-7-13)22-20(24)18-12-15-16(21)4-3-5-17(15)26-18/h3-12H,2H2,1H3,(H,22,24)/b11-8+. The van der Waals surface area contributed by atoms with Gasteiger partial charge in [-0.1, -0.05) is 18.2 Å². The van der Waals surface area contributed by atoms with Crippen molar-refractivity contribution in [3.8, 4) is 0 Å². The molecule has 1 amide bonds. The molecule has 0 bridgehead atoms. The number of hydrogen-bond acceptors (Lipinski definition) is 4. The number of benzene rings is 2. The van der Waals surface area contributed by atoms with Gasteiger partial charge in [-0.3, -0.25) is 4.79 Å². The lowest BCUT2D eigenvalue weighted by molar-refractivity contribution is -0.137. The van der Waals surface area contributed by atoms with Gasteiger partial charge in [-0.2, -0.15) is 0 Å². The molecule has 0 unspecified atom stereocenters. The van der Waals surface area contributed by atoms with E-state index in [1.165, 1.54) is 23.5 Å². The van der Waals surface area contributed by atoms with Crippen LogP contribution in [0.25, 0.3) is 16.2 Å². The minimum atomic E-state index is -0.401. The third-order valence-corrected chi connectivity index (χ3v) is 4.70. The van der Waals surface area contributed by atoms with Gasteiger partial charge in [0.1, 0.15) is 5.82 Å². The summed E-state index contributed by atoms with van der Waals surface area (Å²) in [6.45, 7) is 2.07. The number of carbonyl (C=O) groups is 2. The molecule has 0 spiro atoms. The van der Waals surface area contributed by atoms with Gasteiger partial charge in [0, 0.05) is 21.8 Å². The summed E-state index contributed by atoms with van der Waals surface area (Å²) in [6.07, 6.45) is 2.99. The number of esters is 1. The van der Waals surface area contributed by atoms with Crippen LogP contribution in [-0.2, 0) is 9.53 Å². The Balaban J connectivity index is 1.69. The third kappa shape index (κ3) is 4.15. The second-order valence-electron chi connectivity index (χ2n) is 5.42. The molecule has 1 aromatic heterocycles. The topological polar surface area (TPSA) is 55.4 Å². The van der Waals surface area contributed by atoms with Gasteiger partial charge in [-0.15, -0.1) is 11.3 Å². The van der Waals surface area contributed by atoms with E-state index in [-0.39, 0.29) is 11.7 Å². The largest absolute Gasteiger partial charge is 0.463 e. The lowest BCUT2D eigenvalue weighted by Gasteiger charge is -2.03. The zero-order valence-corrected chi connectivity index (χ0v) is 14.8. The van der Waals surface area contributed by atoms with Gasteiger partial charge in [0.05, 0.1) is 11.5 Å². The first-order valence-electron chi connectivity index (χ1n) is 8.01. The lowest BCUT2D eigenvalue weighted by Crippen LogP contribution is -2.09. The van der Waals surface area contributed by atoms with E-state index >= 15 is 0 Å². The highest BCUT2D eigenvalue weighted by atomic mass is 32.1. The second-order valence-corrected chi connectivity index (χ2v) is 6.51. The fourth-order valence-corrected chi connectivity index (χ4v) is 3.33. The molecule has 132 valence electrons. The Morgan fingerprint density at radius 2 is 1.96 bits per heavy atom. The molecule has 0 saturated heterocycles. The maximum Gasteiger partial charge on any atom is 0.330 e. The average Bonchev–Trinajstić information content (AvgIpc) is 3.07. The van der Waals surface area contributed by atoms with Crippen molar-refractivity contribution in [2.75, 3.05) is 11.9 Å². The molecule has 4 nitrogen and oxygen atoms in total. The summed E-state index contributed by atoms with van der Waals surface area (Å²) in [5.41, 5.74) is 1.42. The zero-order valence-electron chi connectivity index (χ0n) is 14.0. The maximum absolute atomic E-state index is 13.7.